The molecule has 0 amide bonds. The van der Waals surface area contributed by atoms with E-state index in [1.807, 2.05) is 30.3 Å². The molecule has 2 rings (SSSR count). The molecule has 6 heteroatoms. The third kappa shape index (κ3) is 3.78. The number of nitrogens with zero attached hydrogens (tertiary/aromatic N) is 1. The van der Waals surface area contributed by atoms with Crippen LogP contribution in [0.1, 0.15) is 5.56 Å². The molecule has 1 unspecified atom stereocenters. The fourth-order valence-corrected chi connectivity index (χ4v) is 2.03. The van der Waals surface area contributed by atoms with Gasteiger partial charge in [-0.05, 0) is 5.56 Å². The Morgan fingerprint density at radius 3 is 2.63 bits per heavy atom. The number of alkyl halides is 3. The van der Waals surface area contributed by atoms with Crippen LogP contribution in [0.15, 0.2) is 30.3 Å². The number of hydrogen-bond donors (Lipinski definition) is 0. The Balaban J connectivity index is 1.96. The fraction of sp³-hybridized carbons (Fsp3) is 0.462. The highest BCUT2D eigenvalue weighted by Crippen LogP contribution is 2.22. The molecule has 0 saturated carbocycles. The zero-order valence-corrected chi connectivity index (χ0v) is 10.2. The lowest BCUT2D eigenvalue weighted by Gasteiger charge is -2.32. The molecule has 19 heavy (non-hydrogen) atoms. The SMILES string of the molecule is O=C(C1CN(Cc2ccccc2)CCO1)C(F)(F)F. The third-order valence-electron chi connectivity index (χ3n) is 2.97. The zero-order chi connectivity index (χ0) is 13.9. The minimum atomic E-state index is -4.83. The molecule has 0 aliphatic carbocycles. The molecule has 0 bridgehead atoms. The first-order valence-corrected chi connectivity index (χ1v) is 5.96. The zero-order valence-electron chi connectivity index (χ0n) is 10.2. The van der Waals surface area contributed by atoms with Crippen molar-refractivity contribution in [3.8, 4) is 0 Å². The van der Waals surface area contributed by atoms with Gasteiger partial charge in [-0.3, -0.25) is 9.69 Å². The van der Waals surface area contributed by atoms with Crippen LogP contribution in [0.25, 0.3) is 0 Å². The van der Waals surface area contributed by atoms with Gasteiger partial charge in [0.15, 0.2) is 0 Å². The predicted molar refractivity (Wildman–Crippen MR) is 62.5 cm³/mol. The number of benzene rings is 1. The van der Waals surface area contributed by atoms with Gasteiger partial charge in [-0.1, -0.05) is 30.3 Å². The van der Waals surface area contributed by atoms with E-state index in [2.05, 4.69) is 0 Å². The highest BCUT2D eigenvalue weighted by molar-refractivity contribution is 5.88. The number of halogens is 3. The molecule has 1 aliphatic rings. The van der Waals surface area contributed by atoms with Gasteiger partial charge in [0.05, 0.1) is 6.61 Å². The van der Waals surface area contributed by atoms with E-state index in [4.69, 9.17) is 4.74 Å². The normalized spacial score (nSPS) is 21.3. The second-order valence-electron chi connectivity index (χ2n) is 4.44. The first-order chi connectivity index (χ1) is 8.97. The summed E-state index contributed by atoms with van der Waals surface area (Å²) in [6.07, 6.45) is -6.24. The quantitative estimate of drug-likeness (QED) is 0.844. The van der Waals surface area contributed by atoms with Crippen LogP contribution in [0.2, 0.25) is 0 Å². The molecule has 1 aromatic rings. The fourth-order valence-electron chi connectivity index (χ4n) is 2.03. The van der Waals surface area contributed by atoms with Gasteiger partial charge in [0, 0.05) is 19.6 Å². The summed E-state index contributed by atoms with van der Waals surface area (Å²) >= 11 is 0. The third-order valence-corrected chi connectivity index (χ3v) is 2.97. The van der Waals surface area contributed by atoms with E-state index in [9.17, 15) is 18.0 Å². The van der Waals surface area contributed by atoms with Crippen molar-refractivity contribution in [1.82, 2.24) is 4.90 Å². The van der Waals surface area contributed by atoms with Gasteiger partial charge >= 0.3 is 6.18 Å². The van der Waals surface area contributed by atoms with Crippen molar-refractivity contribution in [3.63, 3.8) is 0 Å². The van der Waals surface area contributed by atoms with Gasteiger partial charge in [-0.25, -0.2) is 0 Å². The molecule has 0 radical (unpaired) electrons. The van der Waals surface area contributed by atoms with Crippen LogP contribution in [0.3, 0.4) is 0 Å². The Hall–Kier alpha value is -1.40. The van der Waals surface area contributed by atoms with Crippen LogP contribution in [-0.4, -0.2) is 42.7 Å². The van der Waals surface area contributed by atoms with Crippen LogP contribution in [0, 0.1) is 0 Å². The van der Waals surface area contributed by atoms with Crippen LogP contribution in [-0.2, 0) is 16.1 Å². The number of hydrogen-bond acceptors (Lipinski definition) is 3. The van der Waals surface area contributed by atoms with Crippen LogP contribution in [0.5, 0.6) is 0 Å². The maximum absolute atomic E-state index is 12.3. The standard InChI is InChI=1S/C13H14F3NO2/c14-13(15,16)12(18)11-9-17(6-7-19-11)8-10-4-2-1-3-5-10/h1-5,11H,6-9H2. The number of carbonyl (C=O) groups excluding carboxylic acids is 1. The summed E-state index contributed by atoms with van der Waals surface area (Å²) in [6, 6.07) is 9.41. The summed E-state index contributed by atoms with van der Waals surface area (Å²) < 4.78 is 41.9. The Morgan fingerprint density at radius 1 is 1.32 bits per heavy atom. The van der Waals surface area contributed by atoms with Crippen LogP contribution < -0.4 is 0 Å². The summed E-state index contributed by atoms with van der Waals surface area (Å²) in [7, 11) is 0. The second kappa shape index (κ2) is 5.71. The van der Waals surface area contributed by atoms with Crippen molar-refractivity contribution in [3.05, 3.63) is 35.9 Å². The Morgan fingerprint density at radius 2 is 2.00 bits per heavy atom. The number of ketones is 1. The Kier molecular flexibility index (Phi) is 4.21. The smallest absolute Gasteiger partial charge is 0.367 e. The predicted octanol–water partition coefficient (Wildman–Crippen LogP) is 2.02. The average Bonchev–Trinajstić information content (AvgIpc) is 2.38. The van der Waals surface area contributed by atoms with Crippen LogP contribution in [0.4, 0.5) is 13.2 Å². The molecular weight excluding hydrogens is 259 g/mol. The monoisotopic (exact) mass is 273 g/mol. The lowest BCUT2D eigenvalue weighted by molar-refractivity contribution is -0.187. The summed E-state index contributed by atoms with van der Waals surface area (Å²) in [5.41, 5.74) is 1.00. The molecule has 0 aromatic heterocycles. The summed E-state index contributed by atoms with van der Waals surface area (Å²) in [4.78, 5) is 12.9. The van der Waals surface area contributed by atoms with Crippen molar-refractivity contribution >= 4 is 5.78 Å². The molecular formula is C13H14F3NO2. The van der Waals surface area contributed by atoms with E-state index in [0.717, 1.165) is 5.56 Å². The average molecular weight is 273 g/mol. The van der Waals surface area contributed by atoms with Gasteiger partial charge in [0.2, 0.25) is 0 Å². The molecule has 3 nitrogen and oxygen atoms in total. The summed E-state index contributed by atoms with van der Waals surface area (Å²) in [6.45, 7) is 1.16. The van der Waals surface area contributed by atoms with Crippen molar-refractivity contribution in [2.24, 2.45) is 0 Å². The minimum absolute atomic E-state index is 0.0206. The van der Waals surface area contributed by atoms with Crippen molar-refractivity contribution in [1.29, 1.82) is 0 Å². The summed E-state index contributed by atoms with van der Waals surface area (Å²) in [5.74, 6) is -1.80. The first kappa shape index (κ1) is 14.0. The topological polar surface area (TPSA) is 29.5 Å². The van der Waals surface area contributed by atoms with E-state index < -0.39 is 18.1 Å². The molecule has 104 valence electrons. The molecule has 1 fully saturated rings. The van der Waals surface area contributed by atoms with E-state index in [1.54, 1.807) is 4.90 Å². The van der Waals surface area contributed by atoms with Gasteiger partial charge in [-0.15, -0.1) is 0 Å². The maximum Gasteiger partial charge on any atom is 0.452 e. The second-order valence-corrected chi connectivity index (χ2v) is 4.44. The Bertz CT molecular complexity index is 433. The number of Topliss-reactive ketones (excluding diaryl/α,β-unsaturated/α-hetero) is 1. The first-order valence-electron chi connectivity index (χ1n) is 5.96. The lowest BCUT2D eigenvalue weighted by Crippen LogP contribution is -2.49. The highest BCUT2D eigenvalue weighted by atomic mass is 19.4. The Labute approximate surface area is 109 Å². The molecule has 0 spiro atoms. The molecule has 1 saturated heterocycles. The lowest BCUT2D eigenvalue weighted by atomic mass is 10.1. The van der Waals surface area contributed by atoms with Crippen molar-refractivity contribution in [2.45, 2.75) is 18.8 Å². The largest absolute Gasteiger partial charge is 0.452 e. The van der Waals surface area contributed by atoms with Gasteiger partial charge in [0.1, 0.15) is 6.10 Å². The number of morpholine rings is 1. The number of ether oxygens (including phenoxy) is 1. The van der Waals surface area contributed by atoms with E-state index in [0.29, 0.717) is 13.1 Å². The van der Waals surface area contributed by atoms with Crippen LogP contribution >= 0.6 is 0 Å². The van der Waals surface area contributed by atoms with E-state index in [1.165, 1.54) is 0 Å². The van der Waals surface area contributed by atoms with Gasteiger partial charge < -0.3 is 4.74 Å². The molecule has 0 N–H and O–H groups in total. The van der Waals surface area contributed by atoms with Crippen molar-refractivity contribution in [2.75, 3.05) is 19.7 Å². The van der Waals surface area contributed by atoms with Crippen molar-refractivity contribution < 1.29 is 22.7 Å². The minimum Gasteiger partial charge on any atom is -0.367 e. The van der Waals surface area contributed by atoms with Gasteiger partial charge in [0.25, 0.3) is 5.78 Å². The maximum atomic E-state index is 12.3. The number of rotatable bonds is 3. The molecule has 1 aliphatic heterocycles. The summed E-state index contributed by atoms with van der Waals surface area (Å²) in [5, 5.41) is 0. The number of carbonyl (C=O) groups is 1. The molecule has 1 aromatic carbocycles. The molecule has 1 atom stereocenters. The molecule has 1 heterocycles. The van der Waals surface area contributed by atoms with E-state index >= 15 is 0 Å². The van der Waals surface area contributed by atoms with Gasteiger partial charge in [-0.2, -0.15) is 13.2 Å². The van der Waals surface area contributed by atoms with E-state index in [-0.39, 0.29) is 13.2 Å². The highest BCUT2D eigenvalue weighted by Gasteiger charge is 2.45.